The summed E-state index contributed by atoms with van der Waals surface area (Å²) in [6.45, 7) is 6.58. The molecule has 0 aliphatic rings. The van der Waals surface area contributed by atoms with Crippen LogP contribution in [-0.2, 0) is 0 Å². The van der Waals surface area contributed by atoms with Gasteiger partial charge in [0.15, 0.2) is 0 Å². The van der Waals surface area contributed by atoms with E-state index in [1.807, 2.05) is 0 Å². The van der Waals surface area contributed by atoms with Gasteiger partial charge in [0.1, 0.15) is 0 Å². The van der Waals surface area contributed by atoms with Gasteiger partial charge in [0, 0.05) is 11.2 Å². The van der Waals surface area contributed by atoms with E-state index in [2.05, 4.69) is 18.3 Å². The molecule has 0 aromatic carbocycles. The first-order valence-electron chi connectivity index (χ1n) is 1.74. The van der Waals surface area contributed by atoms with Crippen LogP contribution in [0.5, 0.6) is 0 Å². The van der Waals surface area contributed by atoms with Gasteiger partial charge in [-0.1, -0.05) is 18.2 Å². The fourth-order valence-corrected chi connectivity index (χ4v) is 0.190. The van der Waals surface area contributed by atoms with E-state index in [4.69, 9.17) is 11.6 Å². The van der Waals surface area contributed by atoms with E-state index in [0.717, 1.165) is 0 Å². The Hall–Kier alpha value is -0.560. The van der Waals surface area contributed by atoms with Gasteiger partial charge in [-0.05, 0) is 12.8 Å². The minimum atomic E-state index is 0.465. The van der Waals surface area contributed by atoms with Crippen LogP contribution in [0.4, 0.5) is 0 Å². The molecule has 0 heterocycles. The van der Waals surface area contributed by atoms with Crippen molar-refractivity contribution in [3.8, 4) is 0 Å². The highest BCUT2D eigenvalue weighted by Gasteiger charge is 1.69. The summed E-state index contributed by atoms with van der Waals surface area (Å²) < 4.78 is 0. The molecule has 2 heteroatoms. The fraction of sp³-hybridized carbons (Fsp3) is 0. The second-order valence-electron chi connectivity index (χ2n) is 0.945. The first kappa shape index (κ1) is 6.44. The minimum Gasteiger partial charge on any atom is -0.272 e. The fourth-order valence-electron chi connectivity index (χ4n) is 0.134. The smallest absolute Gasteiger partial charge is 0.0349 e. The van der Waals surface area contributed by atoms with E-state index >= 15 is 0 Å². The van der Waals surface area contributed by atoms with Crippen LogP contribution in [0.3, 0.4) is 0 Å². The van der Waals surface area contributed by atoms with Gasteiger partial charge in [-0.2, -0.15) is 0 Å². The highest BCUT2D eigenvalue weighted by Crippen LogP contribution is 1.96. The number of hydrogen-bond donors (Lipinski definition) is 0. The van der Waals surface area contributed by atoms with Crippen molar-refractivity contribution in [1.82, 2.24) is 0 Å². The van der Waals surface area contributed by atoms with Crippen LogP contribution in [0.15, 0.2) is 28.9 Å². The van der Waals surface area contributed by atoms with Crippen molar-refractivity contribution in [3.63, 3.8) is 0 Å². The Bertz CT molecular complexity index is 105. The maximum atomic E-state index is 5.29. The van der Waals surface area contributed by atoms with E-state index in [9.17, 15) is 0 Å². The van der Waals surface area contributed by atoms with Crippen molar-refractivity contribution in [1.29, 1.82) is 0 Å². The Kier molecular flexibility index (Phi) is 3.33. The molecule has 0 fully saturated rings. The van der Waals surface area contributed by atoms with Gasteiger partial charge >= 0.3 is 0 Å². The summed E-state index contributed by atoms with van der Waals surface area (Å²) in [7, 11) is 0. The summed E-state index contributed by atoms with van der Waals surface area (Å²) in [5.74, 6) is 0. The van der Waals surface area contributed by atoms with Crippen LogP contribution in [0.2, 0.25) is 0 Å². The largest absolute Gasteiger partial charge is 0.272 e. The Labute approximate surface area is 48.0 Å². The minimum absolute atomic E-state index is 0.465. The van der Waals surface area contributed by atoms with Crippen molar-refractivity contribution < 1.29 is 0 Å². The molecule has 0 bridgehead atoms. The van der Waals surface area contributed by atoms with Crippen LogP contribution in [0, 0.1) is 0 Å². The predicted octanol–water partition coefficient (Wildman–Crippen LogP) is 1.95. The normalized spacial score (nSPS) is 9.29. The van der Waals surface area contributed by atoms with Gasteiger partial charge in [0.05, 0.1) is 0 Å². The summed E-state index contributed by atoms with van der Waals surface area (Å²) in [6.07, 6.45) is 3.05. The summed E-state index contributed by atoms with van der Waals surface area (Å²) >= 11 is 5.29. The topological polar surface area (TPSA) is 12.4 Å². The lowest BCUT2D eigenvalue weighted by atomic mass is 10.6. The molecule has 0 radical (unpaired) electrons. The van der Waals surface area contributed by atoms with Gasteiger partial charge in [-0.25, -0.2) is 0 Å². The second kappa shape index (κ2) is 3.62. The van der Waals surface area contributed by atoms with Crippen molar-refractivity contribution in [2.75, 3.05) is 0 Å². The van der Waals surface area contributed by atoms with Crippen LogP contribution < -0.4 is 0 Å². The molecule has 0 N–H and O–H groups in total. The highest BCUT2D eigenvalue weighted by molar-refractivity contribution is 6.30. The van der Waals surface area contributed by atoms with Crippen LogP contribution in [0.1, 0.15) is 0 Å². The Morgan fingerprint density at radius 1 is 1.71 bits per heavy atom. The zero-order valence-corrected chi connectivity index (χ0v) is 4.65. The van der Waals surface area contributed by atoms with Crippen molar-refractivity contribution in [3.05, 3.63) is 23.9 Å². The zero-order chi connectivity index (χ0) is 5.70. The lowest BCUT2D eigenvalue weighted by Gasteiger charge is -1.73. The molecule has 0 atom stereocenters. The molecular weight excluding hydrogens is 110 g/mol. The molecule has 0 rings (SSSR count). The summed E-state index contributed by atoms with van der Waals surface area (Å²) in [5, 5.41) is 0.465. The number of aliphatic imine (C=N–C) groups is 1. The molecule has 0 aliphatic heterocycles. The van der Waals surface area contributed by atoms with Gasteiger partial charge in [-0.15, -0.1) is 0 Å². The maximum absolute atomic E-state index is 5.29. The van der Waals surface area contributed by atoms with E-state index in [0.29, 0.717) is 5.03 Å². The van der Waals surface area contributed by atoms with E-state index < -0.39 is 0 Å². The van der Waals surface area contributed by atoms with Crippen LogP contribution >= 0.6 is 11.6 Å². The molecule has 0 spiro atoms. The molecule has 0 saturated carbocycles. The quantitative estimate of drug-likeness (QED) is 0.385. The number of nitrogens with zero attached hydrogens (tertiary/aromatic N) is 1. The average molecular weight is 116 g/mol. The molecule has 38 valence electrons. The molecule has 0 amide bonds. The molecule has 0 aromatic rings. The number of allylic oxidation sites excluding steroid dienone is 2. The third-order valence-corrected chi connectivity index (χ3v) is 0.487. The summed E-state index contributed by atoms with van der Waals surface area (Å²) in [5.41, 5.74) is 0. The molecule has 0 unspecified atom stereocenters. The number of halogens is 1. The van der Waals surface area contributed by atoms with Crippen molar-refractivity contribution >= 4 is 18.3 Å². The highest BCUT2D eigenvalue weighted by atomic mass is 35.5. The molecule has 1 nitrogen and oxygen atoms in total. The third-order valence-electron chi connectivity index (χ3n) is 0.361. The standard InChI is InChI=1S/C5H6ClN/c1-5(6)3-4-7-2/h3-4H,1-2H2/b4-3-. The summed E-state index contributed by atoms with van der Waals surface area (Å²) in [4.78, 5) is 3.40. The Morgan fingerprint density at radius 3 is 2.43 bits per heavy atom. The number of rotatable bonds is 2. The van der Waals surface area contributed by atoms with E-state index in [-0.39, 0.29) is 0 Å². The second-order valence-corrected chi connectivity index (χ2v) is 1.43. The zero-order valence-electron chi connectivity index (χ0n) is 3.89. The first-order chi connectivity index (χ1) is 3.27. The van der Waals surface area contributed by atoms with Gasteiger partial charge in [0.2, 0.25) is 0 Å². The SMILES string of the molecule is C=N/C=C\C(=C)Cl. The monoisotopic (exact) mass is 115 g/mol. The molecule has 0 aliphatic carbocycles. The number of hydrogen-bond acceptors (Lipinski definition) is 1. The van der Waals surface area contributed by atoms with Gasteiger partial charge < -0.3 is 0 Å². The van der Waals surface area contributed by atoms with E-state index in [1.165, 1.54) is 6.20 Å². The molecular formula is C5H6ClN. The molecule has 0 aromatic heterocycles. The van der Waals surface area contributed by atoms with E-state index in [1.54, 1.807) is 6.08 Å². The lowest BCUT2D eigenvalue weighted by molar-refractivity contribution is 1.61. The maximum Gasteiger partial charge on any atom is 0.0349 e. The van der Waals surface area contributed by atoms with Crippen LogP contribution in [-0.4, -0.2) is 6.72 Å². The first-order valence-corrected chi connectivity index (χ1v) is 2.12. The molecule has 7 heavy (non-hydrogen) atoms. The Balaban J connectivity index is 3.46. The predicted molar refractivity (Wildman–Crippen MR) is 33.7 cm³/mol. The van der Waals surface area contributed by atoms with Crippen molar-refractivity contribution in [2.45, 2.75) is 0 Å². The van der Waals surface area contributed by atoms with Crippen LogP contribution in [0.25, 0.3) is 0 Å². The van der Waals surface area contributed by atoms with Gasteiger partial charge in [0.25, 0.3) is 0 Å². The average Bonchev–Trinajstić information content (AvgIpc) is 1.61. The summed E-state index contributed by atoms with van der Waals surface area (Å²) in [6, 6.07) is 0. The molecule has 0 saturated heterocycles. The van der Waals surface area contributed by atoms with Gasteiger partial charge in [-0.3, -0.25) is 4.99 Å². The Morgan fingerprint density at radius 2 is 2.29 bits per heavy atom. The third kappa shape index (κ3) is 5.44. The lowest BCUT2D eigenvalue weighted by Crippen LogP contribution is -1.51. The van der Waals surface area contributed by atoms with Crippen molar-refractivity contribution in [2.24, 2.45) is 4.99 Å².